The van der Waals surface area contributed by atoms with Crippen LogP contribution >= 0.6 is 0 Å². The zero-order valence-corrected chi connectivity index (χ0v) is 19.4. The van der Waals surface area contributed by atoms with Gasteiger partial charge < -0.3 is 20.3 Å². The second kappa shape index (κ2) is 12.1. The maximum Gasteiger partial charge on any atom is 0.241 e. The number of likely N-dealkylation sites (tertiary alicyclic amines) is 1. The van der Waals surface area contributed by atoms with Crippen LogP contribution in [0.25, 0.3) is 0 Å². The highest BCUT2D eigenvalue weighted by Crippen LogP contribution is 2.27. The number of carbonyl (C=O) groups excluding carboxylic acids is 1. The van der Waals surface area contributed by atoms with E-state index in [0.29, 0.717) is 19.0 Å². The van der Waals surface area contributed by atoms with Gasteiger partial charge in [-0.15, -0.1) is 0 Å². The smallest absolute Gasteiger partial charge is 0.241 e. The predicted molar refractivity (Wildman–Crippen MR) is 129 cm³/mol. The molecule has 1 saturated heterocycles. The van der Waals surface area contributed by atoms with Crippen LogP contribution in [0.1, 0.15) is 30.0 Å². The van der Waals surface area contributed by atoms with E-state index < -0.39 is 0 Å². The van der Waals surface area contributed by atoms with Crippen LogP contribution in [0.5, 0.6) is 5.75 Å². The van der Waals surface area contributed by atoms with Crippen molar-refractivity contribution in [2.45, 2.75) is 25.4 Å². The van der Waals surface area contributed by atoms with Gasteiger partial charge in [0.1, 0.15) is 5.75 Å². The number of hydrogen-bond acceptors (Lipinski definition) is 4. The molecule has 1 fully saturated rings. The van der Waals surface area contributed by atoms with E-state index in [1.807, 2.05) is 30.3 Å². The van der Waals surface area contributed by atoms with Gasteiger partial charge in [0.15, 0.2) is 5.96 Å². The topological polar surface area (TPSA) is 69.2 Å². The Bertz CT molecular complexity index is 879. The lowest BCUT2D eigenvalue weighted by Crippen LogP contribution is -2.45. The van der Waals surface area contributed by atoms with Gasteiger partial charge in [-0.05, 0) is 49.2 Å². The molecule has 1 unspecified atom stereocenters. The molecule has 32 heavy (non-hydrogen) atoms. The number of rotatable bonds is 9. The number of guanidine groups is 1. The van der Waals surface area contributed by atoms with E-state index in [4.69, 9.17) is 9.73 Å². The number of aliphatic imine (C=N–C) groups is 1. The second-order valence-corrected chi connectivity index (χ2v) is 8.21. The van der Waals surface area contributed by atoms with E-state index in [9.17, 15) is 4.79 Å². The molecule has 7 nitrogen and oxygen atoms in total. The van der Waals surface area contributed by atoms with Gasteiger partial charge in [-0.25, -0.2) is 4.99 Å². The Balaban J connectivity index is 1.74. The Morgan fingerprint density at radius 2 is 1.84 bits per heavy atom. The first-order valence-electron chi connectivity index (χ1n) is 11.2. The number of methoxy groups -OCH3 is 1. The average molecular weight is 438 g/mol. The zero-order valence-electron chi connectivity index (χ0n) is 19.4. The molecule has 1 aliphatic rings. The SMILES string of the molecule is COc1cccc(C(CNC(=NCc2ccccc2)NCC(=O)N(C)C)N2CCCC2)c1. The van der Waals surface area contributed by atoms with Crippen molar-refractivity contribution in [3.8, 4) is 5.75 Å². The number of amides is 1. The summed E-state index contributed by atoms with van der Waals surface area (Å²) in [6.45, 7) is 3.57. The maximum absolute atomic E-state index is 12.1. The first-order chi connectivity index (χ1) is 15.6. The highest BCUT2D eigenvalue weighted by molar-refractivity contribution is 5.86. The molecule has 2 N–H and O–H groups in total. The number of nitrogens with one attached hydrogen (secondary N) is 2. The van der Waals surface area contributed by atoms with E-state index in [1.54, 1.807) is 26.1 Å². The van der Waals surface area contributed by atoms with Crippen LogP contribution in [-0.2, 0) is 11.3 Å². The number of benzene rings is 2. The Labute approximate surface area is 191 Å². The fourth-order valence-corrected chi connectivity index (χ4v) is 3.80. The van der Waals surface area contributed by atoms with Crippen LogP contribution in [-0.4, -0.2) is 69.1 Å². The molecule has 2 aromatic rings. The standard InChI is InChI=1S/C25H35N5O2/c1-29(2)24(31)19-28-25(26-17-20-10-5-4-6-11-20)27-18-23(30-14-7-8-15-30)21-12-9-13-22(16-21)32-3/h4-6,9-13,16,23H,7-8,14-15,17-19H2,1-3H3,(H2,26,27,28). The summed E-state index contributed by atoms with van der Waals surface area (Å²) >= 11 is 0. The molecule has 172 valence electrons. The van der Waals surface area contributed by atoms with E-state index >= 15 is 0 Å². The molecular weight excluding hydrogens is 402 g/mol. The third kappa shape index (κ3) is 6.99. The van der Waals surface area contributed by atoms with E-state index in [2.05, 4.69) is 39.8 Å². The Kier molecular flexibility index (Phi) is 8.92. The second-order valence-electron chi connectivity index (χ2n) is 8.21. The van der Waals surface area contributed by atoms with Gasteiger partial charge in [0.05, 0.1) is 26.2 Å². The molecule has 7 heteroatoms. The summed E-state index contributed by atoms with van der Waals surface area (Å²) in [6.07, 6.45) is 2.43. The monoisotopic (exact) mass is 437 g/mol. The first-order valence-corrected chi connectivity index (χ1v) is 11.2. The quantitative estimate of drug-likeness (QED) is 0.466. The predicted octanol–water partition coefficient (Wildman–Crippen LogP) is 2.66. The van der Waals surface area contributed by atoms with Crippen molar-refractivity contribution in [3.05, 3.63) is 65.7 Å². The molecule has 3 rings (SSSR count). The molecule has 0 aliphatic carbocycles. The minimum Gasteiger partial charge on any atom is -0.497 e. The van der Waals surface area contributed by atoms with Crippen molar-refractivity contribution >= 4 is 11.9 Å². The normalized spacial score (nSPS) is 15.3. The third-order valence-corrected chi connectivity index (χ3v) is 5.69. The van der Waals surface area contributed by atoms with Crippen LogP contribution in [0.2, 0.25) is 0 Å². The molecule has 0 bridgehead atoms. The molecule has 0 saturated carbocycles. The largest absolute Gasteiger partial charge is 0.497 e. The Hall–Kier alpha value is -3.06. The van der Waals surface area contributed by atoms with Crippen LogP contribution < -0.4 is 15.4 Å². The molecule has 1 atom stereocenters. The third-order valence-electron chi connectivity index (χ3n) is 5.69. The van der Waals surface area contributed by atoms with Crippen molar-refractivity contribution < 1.29 is 9.53 Å². The summed E-state index contributed by atoms with van der Waals surface area (Å²) in [5, 5.41) is 6.68. The summed E-state index contributed by atoms with van der Waals surface area (Å²) < 4.78 is 5.45. The maximum atomic E-state index is 12.1. The highest BCUT2D eigenvalue weighted by Gasteiger charge is 2.24. The van der Waals surface area contributed by atoms with Gasteiger partial charge in [0.2, 0.25) is 5.91 Å². The lowest BCUT2D eigenvalue weighted by molar-refractivity contribution is -0.127. The summed E-state index contributed by atoms with van der Waals surface area (Å²) in [4.78, 5) is 20.9. The summed E-state index contributed by atoms with van der Waals surface area (Å²) in [6, 6.07) is 18.6. The lowest BCUT2D eigenvalue weighted by atomic mass is 10.1. The number of carbonyl (C=O) groups is 1. The van der Waals surface area contributed by atoms with Gasteiger partial charge in [0, 0.05) is 20.6 Å². The number of nitrogens with zero attached hydrogens (tertiary/aromatic N) is 3. The molecular formula is C25H35N5O2. The molecule has 1 heterocycles. The van der Waals surface area contributed by atoms with Crippen LogP contribution in [0.4, 0.5) is 0 Å². The van der Waals surface area contributed by atoms with Crippen LogP contribution in [0.15, 0.2) is 59.6 Å². The van der Waals surface area contributed by atoms with Gasteiger partial charge >= 0.3 is 0 Å². The number of ether oxygens (including phenoxy) is 1. The Morgan fingerprint density at radius 3 is 2.53 bits per heavy atom. The Morgan fingerprint density at radius 1 is 1.09 bits per heavy atom. The van der Waals surface area contributed by atoms with E-state index in [1.165, 1.54) is 18.4 Å². The minimum atomic E-state index is 0.00287. The van der Waals surface area contributed by atoms with Gasteiger partial charge in [-0.1, -0.05) is 42.5 Å². The highest BCUT2D eigenvalue weighted by atomic mass is 16.5. The first kappa shape index (κ1) is 23.6. The molecule has 1 aliphatic heterocycles. The molecule has 0 radical (unpaired) electrons. The van der Waals surface area contributed by atoms with Crippen molar-refractivity contribution in [2.75, 3.05) is 47.4 Å². The summed E-state index contributed by atoms with van der Waals surface area (Å²) in [5.41, 5.74) is 2.34. The van der Waals surface area contributed by atoms with E-state index in [-0.39, 0.29) is 18.5 Å². The van der Waals surface area contributed by atoms with Gasteiger partial charge in [-0.3, -0.25) is 9.69 Å². The zero-order chi connectivity index (χ0) is 22.8. The van der Waals surface area contributed by atoms with Gasteiger partial charge in [0.25, 0.3) is 0 Å². The fraction of sp³-hybridized carbons (Fsp3) is 0.440. The van der Waals surface area contributed by atoms with Crippen molar-refractivity contribution in [1.29, 1.82) is 0 Å². The molecule has 0 spiro atoms. The summed E-state index contributed by atoms with van der Waals surface area (Å²) in [5.74, 6) is 1.50. The average Bonchev–Trinajstić information content (AvgIpc) is 3.35. The molecule has 0 aromatic heterocycles. The van der Waals surface area contributed by atoms with Gasteiger partial charge in [-0.2, -0.15) is 0 Å². The van der Waals surface area contributed by atoms with Crippen LogP contribution in [0, 0.1) is 0 Å². The lowest BCUT2D eigenvalue weighted by Gasteiger charge is -2.29. The molecule has 2 aromatic carbocycles. The van der Waals surface area contributed by atoms with E-state index in [0.717, 1.165) is 24.4 Å². The molecule has 1 amide bonds. The van der Waals surface area contributed by atoms with Crippen LogP contribution in [0.3, 0.4) is 0 Å². The number of likely N-dealkylation sites (N-methyl/N-ethyl adjacent to an activating group) is 1. The summed E-state index contributed by atoms with van der Waals surface area (Å²) in [7, 11) is 5.21. The van der Waals surface area contributed by atoms with Crippen molar-refractivity contribution in [3.63, 3.8) is 0 Å². The fourth-order valence-electron chi connectivity index (χ4n) is 3.80. The number of hydrogen-bond donors (Lipinski definition) is 2. The van der Waals surface area contributed by atoms with Crippen molar-refractivity contribution in [1.82, 2.24) is 20.4 Å². The minimum absolute atomic E-state index is 0.00287. The van der Waals surface area contributed by atoms with Crippen molar-refractivity contribution in [2.24, 2.45) is 4.99 Å².